The minimum atomic E-state index is 0.110. The highest BCUT2D eigenvalue weighted by Crippen LogP contribution is 2.45. The van der Waals surface area contributed by atoms with Gasteiger partial charge in [-0.15, -0.1) is 0 Å². The molecule has 1 unspecified atom stereocenters. The minimum absolute atomic E-state index is 0.110. The maximum absolute atomic E-state index is 11.8. The van der Waals surface area contributed by atoms with Crippen LogP contribution >= 0.6 is 23.2 Å². The number of aromatic nitrogens is 3. The highest BCUT2D eigenvalue weighted by Gasteiger charge is 2.27. The summed E-state index contributed by atoms with van der Waals surface area (Å²) in [6, 6.07) is 14.3. The summed E-state index contributed by atoms with van der Waals surface area (Å²) < 4.78 is 10.5. The van der Waals surface area contributed by atoms with Crippen LogP contribution in [0.3, 0.4) is 0 Å². The number of rotatable bonds is 14. The summed E-state index contributed by atoms with van der Waals surface area (Å²) >= 11 is 13.6. The van der Waals surface area contributed by atoms with Crippen LogP contribution in [0.1, 0.15) is 75.4 Å². The molecule has 2 heterocycles. The molecule has 0 bridgehead atoms. The molecular weight excluding hydrogens is 709 g/mol. The molecule has 0 radical (unpaired) electrons. The van der Waals surface area contributed by atoms with Gasteiger partial charge in [0.15, 0.2) is 0 Å². The SMILES string of the molecule is C=O.CNC[C@@H](C)Nc1c(C(CCCOc2cc(C)c(Cl)c(C)c2)Cc2c(C)n(C)c3ccc(C=O)cc23)ccc(Cl)c1-c1c(C)nn(C)c1C.CO. The van der Waals surface area contributed by atoms with Crippen molar-refractivity contribution in [3.8, 4) is 16.9 Å². The molecule has 2 atom stereocenters. The van der Waals surface area contributed by atoms with Crippen molar-refractivity contribution in [1.29, 1.82) is 0 Å². The molecule has 0 saturated carbocycles. The lowest BCUT2D eigenvalue weighted by molar-refractivity contribution is -0.0980. The number of nitrogens with one attached hydrogen (secondary N) is 2. The zero-order chi connectivity index (χ0) is 39.6. The first-order chi connectivity index (χ1) is 25.4. The zero-order valence-electron chi connectivity index (χ0n) is 32.8. The predicted molar refractivity (Wildman–Crippen MR) is 221 cm³/mol. The number of ether oxygens (including phenoxy) is 1. The second-order valence-corrected chi connectivity index (χ2v) is 14.2. The van der Waals surface area contributed by atoms with Gasteiger partial charge >= 0.3 is 0 Å². The van der Waals surface area contributed by atoms with Gasteiger partial charge in [0.25, 0.3) is 0 Å². The van der Waals surface area contributed by atoms with Crippen LogP contribution in [0.2, 0.25) is 10.0 Å². The van der Waals surface area contributed by atoms with Crippen LogP contribution < -0.4 is 15.4 Å². The lowest BCUT2D eigenvalue weighted by atomic mass is 9.84. The molecule has 0 aliphatic rings. The Kier molecular flexibility index (Phi) is 16.2. The van der Waals surface area contributed by atoms with Gasteiger partial charge in [-0.25, -0.2) is 0 Å². The van der Waals surface area contributed by atoms with Crippen molar-refractivity contribution in [2.75, 3.05) is 32.6 Å². The van der Waals surface area contributed by atoms with Gasteiger partial charge in [-0.2, -0.15) is 5.10 Å². The molecular formula is C42H55Cl2N5O4. The lowest BCUT2D eigenvalue weighted by Gasteiger charge is -2.27. The number of aldehydes is 1. The number of aliphatic hydroxyl groups is 1. The quantitative estimate of drug-likeness (QED) is 0.0766. The summed E-state index contributed by atoms with van der Waals surface area (Å²) in [6.07, 6.45) is 3.42. The number of anilines is 1. The second kappa shape index (κ2) is 19.8. The Balaban J connectivity index is 0.00000183. The monoisotopic (exact) mass is 763 g/mol. The molecule has 0 saturated heterocycles. The minimum Gasteiger partial charge on any atom is -0.494 e. The summed E-state index contributed by atoms with van der Waals surface area (Å²) in [5.41, 5.74) is 12.5. The van der Waals surface area contributed by atoms with Gasteiger partial charge in [0, 0.05) is 83.5 Å². The largest absolute Gasteiger partial charge is 0.494 e. The Bertz CT molecular complexity index is 2000. The molecule has 286 valence electrons. The van der Waals surface area contributed by atoms with Crippen LogP contribution in [0.4, 0.5) is 5.69 Å². The van der Waals surface area contributed by atoms with Crippen molar-refractivity contribution in [3.63, 3.8) is 0 Å². The number of likely N-dealkylation sites (N-methyl/N-ethyl adjacent to an activating group) is 1. The third-order valence-corrected chi connectivity index (χ3v) is 10.8. The standard InChI is InChI=1S/C40H49Cl2N5O2.CH4O.CH2O/c1-23-17-31(18-24(2)39(23)42)49-16-10-11-30(20-33-27(5)46(8)36-15-12-29(22-48)19-34(33)36)32-13-14-35(41)38(40(32)44-25(3)21-43-7)37-26(4)45-47(9)28(37)6;2*1-2/h12-15,17-19,22,25,30,43-44H,10-11,16,20-21H2,1-9H3;2H,1H3;1H2/t25-,30?;;/m1../s1. The maximum atomic E-state index is 11.8. The fraction of sp³-hybridized carbons (Fsp3) is 0.405. The van der Waals surface area contributed by atoms with Gasteiger partial charge < -0.3 is 29.8 Å². The number of halogens is 2. The summed E-state index contributed by atoms with van der Waals surface area (Å²) in [5.74, 6) is 0.945. The van der Waals surface area contributed by atoms with Gasteiger partial charge in [0.05, 0.1) is 17.3 Å². The van der Waals surface area contributed by atoms with Gasteiger partial charge in [-0.1, -0.05) is 29.3 Å². The van der Waals surface area contributed by atoms with Crippen LogP contribution in [0.15, 0.2) is 42.5 Å². The molecule has 9 nitrogen and oxygen atoms in total. The molecule has 0 spiro atoms. The zero-order valence-corrected chi connectivity index (χ0v) is 34.3. The van der Waals surface area contributed by atoms with E-state index in [1.807, 2.05) is 76.7 Å². The second-order valence-electron chi connectivity index (χ2n) is 13.4. The highest BCUT2D eigenvalue weighted by atomic mass is 35.5. The van der Waals surface area contributed by atoms with Crippen LogP contribution in [0.25, 0.3) is 22.0 Å². The topological polar surface area (TPSA) is 110 Å². The van der Waals surface area contributed by atoms with Gasteiger partial charge in [0.1, 0.15) is 18.8 Å². The number of benzene rings is 3. The number of carbonyl (C=O) groups excluding carboxylic acids is 2. The molecule has 2 aromatic heterocycles. The Morgan fingerprint density at radius 2 is 1.62 bits per heavy atom. The summed E-state index contributed by atoms with van der Waals surface area (Å²) in [4.78, 5) is 19.8. The fourth-order valence-electron chi connectivity index (χ4n) is 7.19. The van der Waals surface area contributed by atoms with Crippen LogP contribution in [-0.2, 0) is 25.3 Å². The van der Waals surface area contributed by atoms with Gasteiger partial charge in [0.2, 0.25) is 0 Å². The van der Waals surface area contributed by atoms with Crippen LogP contribution in [-0.4, -0.2) is 65.9 Å². The lowest BCUT2D eigenvalue weighted by Crippen LogP contribution is -2.29. The smallest absolute Gasteiger partial charge is 0.150 e. The summed E-state index contributed by atoms with van der Waals surface area (Å²) in [6.45, 7) is 15.9. The number of carbonyl (C=O) groups is 2. The average molecular weight is 765 g/mol. The normalized spacial score (nSPS) is 12.0. The van der Waals surface area contributed by atoms with Gasteiger partial charge in [-0.3, -0.25) is 9.48 Å². The van der Waals surface area contributed by atoms with Crippen molar-refractivity contribution in [2.45, 2.75) is 72.8 Å². The maximum Gasteiger partial charge on any atom is 0.150 e. The number of aryl methyl sites for hydroxylation is 5. The highest BCUT2D eigenvalue weighted by molar-refractivity contribution is 6.34. The molecule has 0 fully saturated rings. The Labute approximate surface area is 324 Å². The number of fused-ring (bicyclic) bond motifs is 1. The van der Waals surface area contributed by atoms with Crippen LogP contribution in [0, 0.1) is 34.6 Å². The first-order valence-corrected chi connectivity index (χ1v) is 18.5. The molecule has 0 aliphatic carbocycles. The van der Waals surface area contributed by atoms with E-state index in [0.29, 0.717) is 17.2 Å². The number of hydrogen-bond donors (Lipinski definition) is 3. The van der Waals surface area contributed by atoms with E-state index in [9.17, 15) is 4.79 Å². The van der Waals surface area contributed by atoms with Crippen LogP contribution in [0.5, 0.6) is 5.75 Å². The van der Waals surface area contributed by atoms with Crippen molar-refractivity contribution >= 4 is 52.9 Å². The Morgan fingerprint density at radius 3 is 2.21 bits per heavy atom. The van der Waals surface area contributed by atoms with Crippen molar-refractivity contribution in [2.24, 2.45) is 14.1 Å². The number of aliphatic hydroxyl groups excluding tert-OH is 1. The van der Waals surface area contributed by atoms with E-state index in [0.717, 1.165) is 100 Å². The van der Waals surface area contributed by atoms with E-state index < -0.39 is 0 Å². The van der Waals surface area contributed by atoms with Crippen molar-refractivity contribution < 1.29 is 19.4 Å². The van der Waals surface area contributed by atoms with E-state index in [-0.39, 0.29) is 12.0 Å². The summed E-state index contributed by atoms with van der Waals surface area (Å²) in [7, 11) is 7.04. The van der Waals surface area contributed by atoms with E-state index >= 15 is 0 Å². The number of hydrogen-bond acceptors (Lipinski definition) is 7. The molecule has 5 rings (SSSR count). The third-order valence-electron chi connectivity index (χ3n) is 9.90. The van der Waals surface area contributed by atoms with Crippen molar-refractivity contribution in [3.05, 3.63) is 97.4 Å². The summed E-state index contributed by atoms with van der Waals surface area (Å²) in [5, 5.41) is 21.5. The predicted octanol–water partition coefficient (Wildman–Crippen LogP) is 8.87. The first kappa shape index (κ1) is 43.3. The molecule has 5 aromatic rings. The number of nitrogens with zero attached hydrogens (tertiary/aromatic N) is 3. The molecule has 0 aliphatic heterocycles. The first-order valence-electron chi connectivity index (χ1n) is 17.8. The van der Waals surface area contributed by atoms with Crippen molar-refractivity contribution in [1.82, 2.24) is 19.7 Å². The Hall–Kier alpha value is -4.15. The molecule has 11 heteroatoms. The van der Waals surface area contributed by atoms with E-state index in [4.69, 9.17) is 42.9 Å². The fourth-order valence-corrected chi connectivity index (χ4v) is 7.55. The molecule has 3 aromatic carbocycles. The molecule has 0 amide bonds. The Morgan fingerprint density at radius 1 is 0.962 bits per heavy atom. The van der Waals surface area contributed by atoms with Gasteiger partial charge in [-0.05, 0) is 132 Å². The van der Waals surface area contributed by atoms with E-state index in [1.165, 1.54) is 16.8 Å². The molecule has 3 N–H and O–H groups in total. The average Bonchev–Trinajstić information content (AvgIpc) is 3.54. The molecule has 53 heavy (non-hydrogen) atoms. The van der Waals surface area contributed by atoms with E-state index in [1.54, 1.807) is 0 Å². The van der Waals surface area contributed by atoms with E-state index in [2.05, 4.69) is 55.2 Å². The third kappa shape index (κ3) is 9.70.